The van der Waals surface area contributed by atoms with Gasteiger partial charge < -0.3 is 4.74 Å². The lowest BCUT2D eigenvalue weighted by Gasteiger charge is -2.13. The fourth-order valence-corrected chi connectivity index (χ4v) is 2.34. The Morgan fingerprint density at radius 1 is 1.16 bits per heavy atom. The summed E-state index contributed by atoms with van der Waals surface area (Å²) < 4.78 is 5.31. The lowest BCUT2D eigenvalue weighted by molar-refractivity contribution is 0.409. The molecule has 2 rings (SSSR count). The highest BCUT2D eigenvalue weighted by molar-refractivity contribution is 6.31. The van der Waals surface area contributed by atoms with Crippen molar-refractivity contribution in [2.24, 2.45) is 0 Å². The minimum atomic E-state index is -0.273. The maximum absolute atomic E-state index is 9.38. The van der Waals surface area contributed by atoms with Gasteiger partial charge in [0.2, 0.25) is 0 Å². The van der Waals surface area contributed by atoms with Crippen LogP contribution in [0.3, 0.4) is 0 Å². The minimum Gasteiger partial charge on any atom is -0.496 e. The van der Waals surface area contributed by atoms with E-state index in [4.69, 9.17) is 16.3 Å². The molecule has 2 aromatic rings. The molecule has 96 valence electrons. The lowest BCUT2D eigenvalue weighted by Crippen LogP contribution is -2.03. The fourth-order valence-electron chi connectivity index (χ4n) is 2.07. The summed E-state index contributed by atoms with van der Waals surface area (Å²) >= 11 is 6.16. The number of hydrogen-bond donors (Lipinski definition) is 0. The van der Waals surface area contributed by atoms with E-state index in [0.29, 0.717) is 11.4 Å². The Morgan fingerprint density at radius 2 is 1.84 bits per heavy atom. The van der Waals surface area contributed by atoms with E-state index in [1.165, 1.54) is 0 Å². The molecule has 1 unspecified atom stereocenters. The van der Waals surface area contributed by atoms with E-state index >= 15 is 0 Å². The van der Waals surface area contributed by atoms with Gasteiger partial charge in [-0.3, -0.25) is 0 Å². The van der Waals surface area contributed by atoms with E-state index in [0.717, 1.165) is 16.9 Å². The zero-order chi connectivity index (χ0) is 13.7. The standard InChI is InChI=1S/C16H14ClNO/c1-19-16-9-5-2-6-12(16)10-13(11-18)14-7-3-4-8-15(14)17/h2-9,13H,10H2,1H3. The third kappa shape index (κ3) is 3.07. The van der Waals surface area contributed by atoms with Crippen LogP contribution in [-0.4, -0.2) is 7.11 Å². The van der Waals surface area contributed by atoms with Crippen LogP contribution in [0.5, 0.6) is 5.75 Å². The van der Waals surface area contributed by atoms with Gasteiger partial charge in [0.25, 0.3) is 0 Å². The van der Waals surface area contributed by atoms with Gasteiger partial charge in [-0.05, 0) is 29.7 Å². The highest BCUT2D eigenvalue weighted by atomic mass is 35.5. The molecule has 0 saturated carbocycles. The number of ether oxygens (including phenoxy) is 1. The van der Waals surface area contributed by atoms with Crippen molar-refractivity contribution in [3.05, 3.63) is 64.7 Å². The van der Waals surface area contributed by atoms with Crippen LogP contribution in [-0.2, 0) is 6.42 Å². The molecule has 0 N–H and O–H groups in total. The first-order valence-corrected chi connectivity index (χ1v) is 6.40. The molecule has 0 radical (unpaired) electrons. The molecule has 0 aliphatic rings. The van der Waals surface area contributed by atoms with Crippen LogP contribution in [0.25, 0.3) is 0 Å². The van der Waals surface area contributed by atoms with Gasteiger partial charge in [-0.2, -0.15) is 5.26 Å². The molecule has 0 aromatic heterocycles. The second-order valence-corrected chi connectivity index (χ2v) is 4.63. The van der Waals surface area contributed by atoms with E-state index in [2.05, 4.69) is 6.07 Å². The van der Waals surface area contributed by atoms with Crippen molar-refractivity contribution in [2.45, 2.75) is 12.3 Å². The maximum Gasteiger partial charge on any atom is 0.122 e. The van der Waals surface area contributed by atoms with Gasteiger partial charge in [-0.1, -0.05) is 48.0 Å². The van der Waals surface area contributed by atoms with Crippen molar-refractivity contribution >= 4 is 11.6 Å². The average Bonchev–Trinajstić information content (AvgIpc) is 2.46. The summed E-state index contributed by atoms with van der Waals surface area (Å²) in [6.45, 7) is 0. The molecule has 2 nitrogen and oxygen atoms in total. The molecular weight excluding hydrogens is 258 g/mol. The Hall–Kier alpha value is -1.98. The van der Waals surface area contributed by atoms with E-state index in [1.807, 2.05) is 48.5 Å². The summed E-state index contributed by atoms with van der Waals surface area (Å²) in [5.41, 5.74) is 1.87. The molecule has 0 amide bonds. The molecule has 19 heavy (non-hydrogen) atoms. The van der Waals surface area contributed by atoms with E-state index in [-0.39, 0.29) is 5.92 Å². The van der Waals surface area contributed by atoms with Gasteiger partial charge in [-0.15, -0.1) is 0 Å². The van der Waals surface area contributed by atoms with Crippen molar-refractivity contribution in [1.29, 1.82) is 5.26 Å². The number of nitriles is 1. The van der Waals surface area contributed by atoms with Crippen LogP contribution in [0, 0.1) is 11.3 Å². The second-order valence-electron chi connectivity index (χ2n) is 4.22. The largest absolute Gasteiger partial charge is 0.496 e. The van der Waals surface area contributed by atoms with Gasteiger partial charge in [-0.25, -0.2) is 0 Å². The SMILES string of the molecule is COc1ccccc1CC(C#N)c1ccccc1Cl. The van der Waals surface area contributed by atoms with Crippen molar-refractivity contribution in [3.63, 3.8) is 0 Å². The quantitative estimate of drug-likeness (QED) is 0.835. The Kier molecular flexibility index (Phi) is 4.43. The van der Waals surface area contributed by atoms with Gasteiger partial charge in [0.1, 0.15) is 5.75 Å². The Balaban J connectivity index is 2.30. The molecule has 0 spiro atoms. The number of para-hydroxylation sites is 1. The van der Waals surface area contributed by atoms with Crippen molar-refractivity contribution in [1.82, 2.24) is 0 Å². The normalized spacial score (nSPS) is 11.6. The van der Waals surface area contributed by atoms with E-state index in [9.17, 15) is 5.26 Å². The summed E-state index contributed by atoms with van der Waals surface area (Å²) in [6, 6.07) is 17.5. The minimum absolute atomic E-state index is 0.273. The van der Waals surface area contributed by atoms with Gasteiger partial charge in [0, 0.05) is 5.02 Å². The zero-order valence-electron chi connectivity index (χ0n) is 10.6. The average molecular weight is 272 g/mol. The molecule has 1 atom stereocenters. The molecular formula is C16H14ClNO. The first kappa shape index (κ1) is 13.5. The predicted molar refractivity (Wildman–Crippen MR) is 76.5 cm³/mol. The van der Waals surface area contributed by atoms with Gasteiger partial charge in [0.05, 0.1) is 19.1 Å². The van der Waals surface area contributed by atoms with Gasteiger partial charge >= 0.3 is 0 Å². The summed E-state index contributed by atoms with van der Waals surface area (Å²) in [5.74, 6) is 0.528. The molecule has 0 fully saturated rings. The fraction of sp³-hybridized carbons (Fsp3) is 0.188. The molecule has 0 heterocycles. The highest BCUT2D eigenvalue weighted by Gasteiger charge is 2.16. The number of benzene rings is 2. The summed E-state index contributed by atoms with van der Waals surface area (Å²) in [6.07, 6.45) is 0.588. The lowest BCUT2D eigenvalue weighted by atomic mass is 9.93. The van der Waals surface area contributed by atoms with Crippen molar-refractivity contribution < 1.29 is 4.74 Å². The summed E-state index contributed by atoms with van der Waals surface area (Å²) in [4.78, 5) is 0. The summed E-state index contributed by atoms with van der Waals surface area (Å²) in [7, 11) is 1.63. The van der Waals surface area contributed by atoms with Crippen LogP contribution >= 0.6 is 11.6 Å². The number of halogens is 1. The van der Waals surface area contributed by atoms with E-state index in [1.54, 1.807) is 7.11 Å². The Morgan fingerprint density at radius 3 is 2.53 bits per heavy atom. The Bertz CT molecular complexity index is 604. The molecule has 0 aliphatic heterocycles. The first-order chi connectivity index (χ1) is 9.26. The topological polar surface area (TPSA) is 33.0 Å². The van der Waals surface area contributed by atoms with Crippen LogP contribution in [0.2, 0.25) is 5.02 Å². The Labute approximate surface area is 118 Å². The highest BCUT2D eigenvalue weighted by Crippen LogP contribution is 2.29. The van der Waals surface area contributed by atoms with Crippen LogP contribution in [0.4, 0.5) is 0 Å². The molecule has 3 heteroatoms. The third-order valence-corrected chi connectivity index (χ3v) is 3.40. The molecule has 0 saturated heterocycles. The van der Waals surface area contributed by atoms with Crippen molar-refractivity contribution in [2.75, 3.05) is 7.11 Å². The molecule has 2 aromatic carbocycles. The van der Waals surface area contributed by atoms with Crippen LogP contribution < -0.4 is 4.74 Å². The number of nitrogens with zero attached hydrogens (tertiary/aromatic N) is 1. The zero-order valence-corrected chi connectivity index (χ0v) is 11.4. The molecule has 0 bridgehead atoms. The predicted octanol–water partition coefficient (Wildman–Crippen LogP) is 4.20. The van der Waals surface area contributed by atoms with Gasteiger partial charge in [0.15, 0.2) is 0 Å². The maximum atomic E-state index is 9.38. The second kappa shape index (κ2) is 6.26. The van der Waals surface area contributed by atoms with Crippen molar-refractivity contribution in [3.8, 4) is 11.8 Å². The van der Waals surface area contributed by atoms with E-state index < -0.39 is 0 Å². The van der Waals surface area contributed by atoms with Crippen LogP contribution in [0.1, 0.15) is 17.0 Å². The number of methoxy groups -OCH3 is 1. The molecule has 0 aliphatic carbocycles. The van der Waals surface area contributed by atoms with Crippen LogP contribution in [0.15, 0.2) is 48.5 Å². The third-order valence-electron chi connectivity index (χ3n) is 3.05. The summed E-state index contributed by atoms with van der Waals surface area (Å²) in [5, 5.41) is 10.0. The smallest absolute Gasteiger partial charge is 0.122 e. The number of rotatable bonds is 4. The monoisotopic (exact) mass is 271 g/mol. The number of hydrogen-bond acceptors (Lipinski definition) is 2. The first-order valence-electron chi connectivity index (χ1n) is 6.02.